The Bertz CT molecular complexity index is 305. The van der Waals surface area contributed by atoms with Crippen LogP contribution < -0.4 is 0 Å². The van der Waals surface area contributed by atoms with Gasteiger partial charge in [-0.1, -0.05) is 0 Å². The first kappa shape index (κ1) is 11.2. The largest absolute Gasteiger partial charge is 0.390 e. The van der Waals surface area contributed by atoms with Gasteiger partial charge in [-0.2, -0.15) is 5.10 Å². The molecule has 0 fully saturated rings. The molecule has 0 radical (unpaired) electrons. The summed E-state index contributed by atoms with van der Waals surface area (Å²) in [7, 11) is 1.67. The summed E-state index contributed by atoms with van der Waals surface area (Å²) < 4.78 is 7.24. The summed E-state index contributed by atoms with van der Waals surface area (Å²) in [4.78, 5) is 0. The first-order valence-corrected chi connectivity index (χ1v) is 4.78. The van der Waals surface area contributed by atoms with E-state index in [9.17, 15) is 0 Å². The van der Waals surface area contributed by atoms with E-state index in [-0.39, 0.29) is 12.2 Å². The highest BCUT2D eigenvalue weighted by Gasteiger charge is 2.24. The van der Waals surface area contributed by atoms with E-state index in [2.05, 4.69) is 5.10 Å². The second-order valence-corrected chi connectivity index (χ2v) is 3.71. The quantitative estimate of drug-likeness (QED) is 0.792. The Hall–Kier alpha value is -0.870. The monoisotopic (exact) mass is 198 g/mol. The lowest BCUT2D eigenvalue weighted by molar-refractivity contribution is 0.0116. The number of hydrogen-bond acceptors (Lipinski definition) is 3. The summed E-state index contributed by atoms with van der Waals surface area (Å²) in [6.45, 7) is 6.74. The van der Waals surface area contributed by atoms with E-state index in [0.717, 1.165) is 12.2 Å². The summed E-state index contributed by atoms with van der Waals surface area (Å²) in [5.74, 6) is 0. The van der Waals surface area contributed by atoms with Gasteiger partial charge in [-0.25, -0.2) is 0 Å². The van der Waals surface area contributed by atoms with Crippen LogP contribution in [0.15, 0.2) is 6.07 Å². The summed E-state index contributed by atoms with van der Waals surface area (Å²) in [5, 5.41) is 13.2. The van der Waals surface area contributed by atoms with Crippen molar-refractivity contribution in [2.45, 2.75) is 39.5 Å². The van der Waals surface area contributed by atoms with Gasteiger partial charge in [0.2, 0.25) is 0 Å². The van der Waals surface area contributed by atoms with Gasteiger partial charge in [0.05, 0.1) is 18.0 Å². The van der Waals surface area contributed by atoms with Crippen molar-refractivity contribution in [3.8, 4) is 0 Å². The van der Waals surface area contributed by atoms with E-state index in [0.29, 0.717) is 5.69 Å². The van der Waals surface area contributed by atoms with Gasteiger partial charge in [0.1, 0.15) is 5.60 Å². The van der Waals surface area contributed by atoms with Crippen LogP contribution in [-0.4, -0.2) is 22.0 Å². The predicted octanol–water partition coefficient (Wildman–Crippen LogP) is 1.28. The second-order valence-electron chi connectivity index (χ2n) is 3.71. The molecule has 0 bridgehead atoms. The van der Waals surface area contributed by atoms with E-state index >= 15 is 0 Å². The third kappa shape index (κ3) is 1.96. The third-order valence-electron chi connectivity index (χ3n) is 2.42. The van der Waals surface area contributed by atoms with Gasteiger partial charge in [-0.3, -0.25) is 4.68 Å². The average Bonchev–Trinajstić information content (AvgIpc) is 2.61. The maximum atomic E-state index is 8.99. The van der Waals surface area contributed by atoms with Crippen LogP contribution in [0.1, 0.15) is 32.2 Å². The van der Waals surface area contributed by atoms with Crippen LogP contribution in [0.3, 0.4) is 0 Å². The Kier molecular flexibility index (Phi) is 3.29. The van der Waals surface area contributed by atoms with Gasteiger partial charge < -0.3 is 9.84 Å². The van der Waals surface area contributed by atoms with Crippen LogP contribution in [0.4, 0.5) is 0 Å². The molecule has 0 aliphatic rings. The molecule has 0 atom stereocenters. The molecule has 80 valence electrons. The second kappa shape index (κ2) is 4.11. The molecule has 1 N–H and O–H groups in total. The van der Waals surface area contributed by atoms with Crippen molar-refractivity contribution >= 4 is 0 Å². The zero-order valence-corrected chi connectivity index (χ0v) is 9.24. The molecule has 1 heterocycles. The Morgan fingerprint density at radius 2 is 2.21 bits per heavy atom. The molecule has 0 spiro atoms. The molecule has 0 saturated carbocycles. The molecule has 4 nitrogen and oxygen atoms in total. The van der Waals surface area contributed by atoms with E-state index < -0.39 is 0 Å². The number of ether oxygens (including phenoxy) is 1. The fraction of sp³-hybridized carbons (Fsp3) is 0.700. The van der Waals surface area contributed by atoms with Gasteiger partial charge in [0, 0.05) is 13.7 Å². The summed E-state index contributed by atoms with van der Waals surface area (Å²) >= 11 is 0. The Morgan fingerprint density at radius 3 is 2.64 bits per heavy atom. The third-order valence-corrected chi connectivity index (χ3v) is 2.42. The number of rotatable bonds is 4. The maximum Gasteiger partial charge on any atom is 0.104 e. The standard InChI is InChI=1S/C10H18N2O2/c1-5-12-9(10(2,3)14-4)6-8(7-13)11-12/h6,13H,5,7H2,1-4H3. The lowest BCUT2D eigenvalue weighted by Crippen LogP contribution is -2.23. The highest BCUT2D eigenvalue weighted by atomic mass is 16.5. The molecule has 0 aliphatic carbocycles. The molecule has 0 unspecified atom stereocenters. The molecule has 1 aromatic heterocycles. The normalized spacial score (nSPS) is 12.1. The van der Waals surface area contributed by atoms with E-state index in [1.807, 2.05) is 31.5 Å². The number of aliphatic hydroxyl groups excluding tert-OH is 1. The molecule has 0 amide bonds. The van der Waals surface area contributed by atoms with E-state index in [4.69, 9.17) is 9.84 Å². The van der Waals surface area contributed by atoms with Gasteiger partial charge in [0.15, 0.2) is 0 Å². The lowest BCUT2D eigenvalue weighted by atomic mass is 10.0. The first-order valence-electron chi connectivity index (χ1n) is 4.78. The Morgan fingerprint density at radius 1 is 1.57 bits per heavy atom. The van der Waals surface area contributed by atoms with Crippen molar-refractivity contribution in [1.82, 2.24) is 9.78 Å². The van der Waals surface area contributed by atoms with E-state index in [1.54, 1.807) is 7.11 Å². The van der Waals surface area contributed by atoms with Crippen LogP contribution in [0.25, 0.3) is 0 Å². The highest BCUT2D eigenvalue weighted by molar-refractivity contribution is 5.16. The average molecular weight is 198 g/mol. The molecular weight excluding hydrogens is 180 g/mol. The van der Waals surface area contributed by atoms with Crippen molar-refractivity contribution < 1.29 is 9.84 Å². The number of methoxy groups -OCH3 is 1. The van der Waals surface area contributed by atoms with Crippen LogP contribution in [0.5, 0.6) is 0 Å². The van der Waals surface area contributed by atoms with Crippen molar-refractivity contribution in [2.24, 2.45) is 0 Å². The minimum Gasteiger partial charge on any atom is -0.390 e. The SMILES string of the molecule is CCn1nc(CO)cc1C(C)(C)OC. The van der Waals surface area contributed by atoms with Gasteiger partial charge in [-0.05, 0) is 26.8 Å². The number of nitrogens with zero attached hydrogens (tertiary/aromatic N) is 2. The maximum absolute atomic E-state index is 8.99. The lowest BCUT2D eigenvalue weighted by Gasteiger charge is -2.23. The smallest absolute Gasteiger partial charge is 0.104 e. The predicted molar refractivity (Wildman–Crippen MR) is 53.9 cm³/mol. The van der Waals surface area contributed by atoms with Crippen molar-refractivity contribution in [1.29, 1.82) is 0 Å². The number of aryl methyl sites for hydroxylation is 1. The molecule has 0 aromatic carbocycles. The zero-order chi connectivity index (χ0) is 10.8. The van der Waals surface area contributed by atoms with Crippen LogP contribution >= 0.6 is 0 Å². The molecule has 1 rings (SSSR count). The topological polar surface area (TPSA) is 47.3 Å². The van der Waals surface area contributed by atoms with Gasteiger partial charge in [0.25, 0.3) is 0 Å². The fourth-order valence-corrected chi connectivity index (χ4v) is 1.38. The molecule has 0 saturated heterocycles. The van der Waals surface area contributed by atoms with Crippen molar-refractivity contribution in [2.75, 3.05) is 7.11 Å². The molecular formula is C10H18N2O2. The summed E-state index contributed by atoms with van der Waals surface area (Å²) in [5.41, 5.74) is 1.31. The van der Waals surface area contributed by atoms with Crippen LogP contribution in [0, 0.1) is 0 Å². The van der Waals surface area contributed by atoms with Crippen LogP contribution in [0.2, 0.25) is 0 Å². The van der Waals surface area contributed by atoms with Crippen molar-refractivity contribution in [3.63, 3.8) is 0 Å². The number of hydrogen-bond donors (Lipinski definition) is 1. The Labute approximate surface area is 84.5 Å². The Balaban J connectivity index is 3.12. The van der Waals surface area contributed by atoms with Gasteiger partial charge in [-0.15, -0.1) is 0 Å². The summed E-state index contributed by atoms with van der Waals surface area (Å²) in [6.07, 6.45) is 0. The fourth-order valence-electron chi connectivity index (χ4n) is 1.38. The minimum atomic E-state index is -0.365. The molecule has 4 heteroatoms. The first-order chi connectivity index (χ1) is 6.55. The number of aromatic nitrogens is 2. The minimum absolute atomic E-state index is 0.0280. The van der Waals surface area contributed by atoms with Crippen molar-refractivity contribution in [3.05, 3.63) is 17.5 Å². The van der Waals surface area contributed by atoms with E-state index in [1.165, 1.54) is 0 Å². The number of aliphatic hydroxyl groups is 1. The molecule has 1 aromatic rings. The summed E-state index contributed by atoms with van der Waals surface area (Å²) in [6, 6.07) is 1.88. The zero-order valence-electron chi connectivity index (χ0n) is 9.24. The van der Waals surface area contributed by atoms with Gasteiger partial charge >= 0.3 is 0 Å². The molecule has 0 aliphatic heterocycles. The molecule has 14 heavy (non-hydrogen) atoms. The van der Waals surface area contributed by atoms with Crippen LogP contribution in [-0.2, 0) is 23.5 Å². The highest BCUT2D eigenvalue weighted by Crippen LogP contribution is 2.24.